The molecule has 0 heterocycles. The van der Waals surface area contributed by atoms with Crippen LogP contribution in [0.15, 0.2) is 60.0 Å². The minimum absolute atomic E-state index is 0.0343. The van der Waals surface area contributed by atoms with Crippen molar-refractivity contribution in [3.8, 4) is 0 Å². The first-order valence-electron chi connectivity index (χ1n) is 7.11. The largest absolute Gasteiger partial charge is 0.322 e. The van der Waals surface area contributed by atoms with Crippen LogP contribution in [0.5, 0.6) is 0 Å². The normalized spacial score (nSPS) is 11.1. The first-order valence-corrected chi connectivity index (χ1v) is 8.60. The molecular formula is C17H17FN2O3S. The van der Waals surface area contributed by atoms with Crippen LogP contribution in [0.2, 0.25) is 0 Å². The summed E-state index contributed by atoms with van der Waals surface area (Å²) in [5.41, 5.74) is 1.18. The molecule has 0 radical (unpaired) electrons. The fraction of sp³-hybridized carbons (Fsp3) is 0.118. The van der Waals surface area contributed by atoms with Gasteiger partial charge in [0.05, 0.1) is 4.90 Å². The van der Waals surface area contributed by atoms with Gasteiger partial charge in [-0.05, 0) is 42.8 Å². The Morgan fingerprint density at radius 2 is 2.00 bits per heavy atom. The van der Waals surface area contributed by atoms with Crippen molar-refractivity contribution in [2.75, 3.05) is 11.9 Å². The summed E-state index contributed by atoms with van der Waals surface area (Å²) in [4.78, 5) is 12.3. The van der Waals surface area contributed by atoms with Crippen molar-refractivity contribution < 1.29 is 17.6 Å². The van der Waals surface area contributed by atoms with Crippen LogP contribution in [0.3, 0.4) is 0 Å². The molecule has 2 N–H and O–H groups in total. The molecule has 7 heteroatoms. The molecule has 0 atom stereocenters. The number of sulfonamides is 1. The van der Waals surface area contributed by atoms with E-state index in [1.54, 1.807) is 13.0 Å². The second-order valence-electron chi connectivity index (χ2n) is 5.08. The highest BCUT2D eigenvalue weighted by atomic mass is 32.2. The van der Waals surface area contributed by atoms with Crippen molar-refractivity contribution in [3.63, 3.8) is 0 Å². The summed E-state index contributed by atoms with van der Waals surface area (Å²) in [7, 11) is -3.73. The van der Waals surface area contributed by atoms with Crippen molar-refractivity contribution in [2.45, 2.75) is 11.8 Å². The predicted molar refractivity (Wildman–Crippen MR) is 90.9 cm³/mol. The van der Waals surface area contributed by atoms with E-state index >= 15 is 0 Å². The van der Waals surface area contributed by atoms with E-state index in [2.05, 4.69) is 16.6 Å². The smallest absolute Gasteiger partial charge is 0.255 e. The lowest BCUT2D eigenvalue weighted by Crippen LogP contribution is -2.24. The minimum atomic E-state index is -3.73. The van der Waals surface area contributed by atoms with Crippen molar-refractivity contribution in [2.24, 2.45) is 0 Å². The molecule has 0 aromatic heterocycles. The van der Waals surface area contributed by atoms with Crippen molar-refractivity contribution in [1.29, 1.82) is 0 Å². The number of anilines is 1. The lowest BCUT2D eigenvalue weighted by atomic mass is 10.1. The van der Waals surface area contributed by atoms with E-state index in [1.165, 1.54) is 42.5 Å². The van der Waals surface area contributed by atoms with Crippen LogP contribution in [0.1, 0.15) is 15.9 Å². The summed E-state index contributed by atoms with van der Waals surface area (Å²) in [5, 5.41) is 2.58. The van der Waals surface area contributed by atoms with Crippen LogP contribution in [-0.4, -0.2) is 20.9 Å². The van der Waals surface area contributed by atoms with Gasteiger partial charge in [-0.2, -0.15) is 0 Å². The maximum absolute atomic E-state index is 13.3. The van der Waals surface area contributed by atoms with Crippen LogP contribution in [0.25, 0.3) is 0 Å². The Morgan fingerprint density at radius 1 is 1.25 bits per heavy atom. The zero-order chi connectivity index (χ0) is 17.7. The Hall–Kier alpha value is -2.51. The highest BCUT2D eigenvalue weighted by Gasteiger charge is 2.16. The van der Waals surface area contributed by atoms with E-state index in [4.69, 9.17) is 0 Å². The summed E-state index contributed by atoms with van der Waals surface area (Å²) in [6.45, 7) is 5.26. The van der Waals surface area contributed by atoms with Gasteiger partial charge < -0.3 is 5.32 Å². The third kappa shape index (κ3) is 4.27. The lowest BCUT2D eigenvalue weighted by molar-refractivity contribution is 0.102. The highest BCUT2D eigenvalue weighted by Crippen LogP contribution is 2.18. The van der Waals surface area contributed by atoms with Crippen molar-refractivity contribution in [1.82, 2.24) is 4.72 Å². The number of hydrogen-bond acceptors (Lipinski definition) is 3. The number of rotatable bonds is 6. The molecule has 0 aliphatic carbocycles. The maximum atomic E-state index is 13.3. The molecule has 2 rings (SSSR count). The average molecular weight is 348 g/mol. The summed E-state index contributed by atoms with van der Waals surface area (Å²) in [5.74, 6) is -0.995. The van der Waals surface area contributed by atoms with Gasteiger partial charge in [0.15, 0.2) is 0 Å². The fourth-order valence-corrected chi connectivity index (χ4v) is 3.02. The molecule has 0 bridgehead atoms. The first kappa shape index (κ1) is 17.8. The van der Waals surface area contributed by atoms with Gasteiger partial charge in [0.1, 0.15) is 5.82 Å². The maximum Gasteiger partial charge on any atom is 0.255 e. The van der Waals surface area contributed by atoms with Crippen LogP contribution >= 0.6 is 0 Å². The second kappa shape index (κ2) is 7.37. The molecule has 0 aliphatic heterocycles. The molecule has 0 fully saturated rings. The van der Waals surface area contributed by atoms with Gasteiger partial charge in [-0.25, -0.2) is 17.5 Å². The third-order valence-electron chi connectivity index (χ3n) is 3.27. The van der Waals surface area contributed by atoms with Crippen molar-refractivity contribution in [3.05, 3.63) is 72.1 Å². The summed E-state index contributed by atoms with van der Waals surface area (Å²) in [6.07, 6.45) is 1.42. The molecule has 0 spiro atoms. The number of aryl methyl sites for hydroxylation is 1. The van der Waals surface area contributed by atoms with E-state index in [9.17, 15) is 17.6 Å². The van der Waals surface area contributed by atoms with Crippen molar-refractivity contribution >= 4 is 21.6 Å². The molecule has 2 aromatic rings. The van der Waals surface area contributed by atoms with E-state index < -0.39 is 21.7 Å². The number of carbonyl (C=O) groups is 1. The van der Waals surface area contributed by atoms with E-state index in [1.807, 2.05) is 0 Å². The predicted octanol–water partition coefficient (Wildman–Crippen LogP) is 2.85. The number of nitrogens with one attached hydrogen (secondary N) is 2. The van der Waals surface area contributed by atoms with E-state index in [0.29, 0.717) is 11.3 Å². The zero-order valence-corrected chi connectivity index (χ0v) is 13.9. The number of carbonyl (C=O) groups excluding carboxylic acids is 1. The Kier molecular flexibility index (Phi) is 5.48. The first-order chi connectivity index (χ1) is 11.3. The highest BCUT2D eigenvalue weighted by molar-refractivity contribution is 7.89. The lowest BCUT2D eigenvalue weighted by Gasteiger charge is -2.10. The summed E-state index contributed by atoms with van der Waals surface area (Å²) < 4.78 is 39.8. The van der Waals surface area contributed by atoms with Gasteiger partial charge in [0, 0.05) is 17.8 Å². The molecule has 1 amide bonds. The Morgan fingerprint density at radius 3 is 2.71 bits per heavy atom. The quantitative estimate of drug-likeness (QED) is 0.788. The topological polar surface area (TPSA) is 75.3 Å². The third-order valence-corrected chi connectivity index (χ3v) is 4.69. The van der Waals surface area contributed by atoms with Crippen LogP contribution in [-0.2, 0) is 10.0 Å². The van der Waals surface area contributed by atoms with Gasteiger partial charge in [-0.15, -0.1) is 6.58 Å². The van der Waals surface area contributed by atoms with Crippen LogP contribution in [0.4, 0.5) is 10.1 Å². The summed E-state index contributed by atoms with van der Waals surface area (Å²) in [6, 6.07) is 9.64. The SMILES string of the molecule is C=CCNS(=O)(=O)c1cccc(C(=O)Nc2cc(F)ccc2C)c1. The molecular weight excluding hydrogens is 331 g/mol. The van der Waals surface area contributed by atoms with Crippen LogP contribution < -0.4 is 10.0 Å². The zero-order valence-electron chi connectivity index (χ0n) is 13.0. The van der Waals surface area contributed by atoms with Crippen LogP contribution in [0, 0.1) is 12.7 Å². The second-order valence-corrected chi connectivity index (χ2v) is 6.85. The van der Waals surface area contributed by atoms with E-state index in [0.717, 1.165) is 0 Å². The minimum Gasteiger partial charge on any atom is -0.322 e. The summed E-state index contributed by atoms with van der Waals surface area (Å²) >= 11 is 0. The molecule has 0 unspecified atom stereocenters. The standard InChI is InChI=1S/C17H17FN2O3S/c1-3-9-19-24(22,23)15-6-4-5-13(10-15)17(21)20-16-11-14(18)8-7-12(16)2/h3-8,10-11,19H,1,9H2,2H3,(H,20,21). The Labute approximate surface area is 140 Å². The van der Waals surface area contributed by atoms with Gasteiger partial charge in [0.25, 0.3) is 5.91 Å². The van der Waals surface area contributed by atoms with E-state index in [-0.39, 0.29) is 17.0 Å². The van der Waals surface area contributed by atoms with Gasteiger partial charge >= 0.3 is 0 Å². The molecule has 5 nitrogen and oxygen atoms in total. The van der Waals surface area contributed by atoms with Gasteiger partial charge in [-0.3, -0.25) is 4.79 Å². The van der Waals surface area contributed by atoms with Gasteiger partial charge in [-0.1, -0.05) is 18.2 Å². The molecule has 0 saturated carbocycles. The van der Waals surface area contributed by atoms with Gasteiger partial charge in [0.2, 0.25) is 10.0 Å². The molecule has 0 aliphatic rings. The Balaban J connectivity index is 2.26. The number of amides is 1. The number of hydrogen-bond donors (Lipinski definition) is 2. The monoisotopic (exact) mass is 348 g/mol. The molecule has 2 aromatic carbocycles. The molecule has 0 saturated heterocycles. The fourth-order valence-electron chi connectivity index (χ4n) is 1.98. The number of halogens is 1. The molecule has 24 heavy (non-hydrogen) atoms. The Bertz CT molecular complexity index is 879. The molecule has 126 valence electrons. The number of benzene rings is 2. The average Bonchev–Trinajstić information content (AvgIpc) is 2.56.